The molecule has 0 saturated carbocycles. The van der Waals surface area contributed by atoms with Gasteiger partial charge >= 0.3 is 0 Å². The number of benzene rings is 2. The highest BCUT2D eigenvalue weighted by molar-refractivity contribution is 5.96. The highest BCUT2D eigenvalue weighted by Crippen LogP contribution is 2.18. The first-order chi connectivity index (χ1) is 14.9. The highest BCUT2D eigenvalue weighted by Gasteiger charge is 2.22. The molecular weight excluding hydrogens is 391 g/mol. The molecule has 31 heavy (non-hydrogen) atoms. The molecule has 1 unspecified atom stereocenters. The van der Waals surface area contributed by atoms with Crippen LogP contribution in [0.25, 0.3) is 5.69 Å². The number of rotatable bonds is 9. The molecule has 1 aromatic heterocycles. The van der Waals surface area contributed by atoms with Crippen molar-refractivity contribution >= 4 is 5.91 Å². The Labute approximate surface area is 183 Å². The third-order valence-corrected chi connectivity index (χ3v) is 5.73. The van der Waals surface area contributed by atoms with E-state index in [1.807, 2.05) is 32.0 Å². The van der Waals surface area contributed by atoms with E-state index in [0.29, 0.717) is 17.8 Å². The first-order valence-corrected chi connectivity index (χ1v) is 10.8. The van der Waals surface area contributed by atoms with Gasteiger partial charge in [-0.15, -0.1) is 0 Å². The molecule has 164 valence electrons. The van der Waals surface area contributed by atoms with Crippen LogP contribution in [0.1, 0.15) is 41.2 Å². The summed E-state index contributed by atoms with van der Waals surface area (Å²) >= 11 is 0. The van der Waals surface area contributed by atoms with Gasteiger partial charge in [-0.2, -0.15) is 5.10 Å². The van der Waals surface area contributed by atoms with Crippen molar-refractivity contribution in [2.75, 3.05) is 19.6 Å². The van der Waals surface area contributed by atoms with Crippen LogP contribution in [0.3, 0.4) is 0 Å². The van der Waals surface area contributed by atoms with Crippen molar-refractivity contribution in [2.45, 2.75) is 40.2 Å². The molecule has 5 nitrogen and oxygen atoms in total. The van der Waals surface area contributed by atoms with Gasteiger partial charge in [0.25, 0.3) is 5.91 Å². The normalized spacial score (nSPS) is 12.2. The topological polar surface area (TPSA) is 50.2 Å². The Bertz CT molecular complexity index is 994. The van der Waals surface area contributed by atoms with Gasteiger partial charge in [0, 0.05) is 12.6 Å². The van der Waals surface area contributed by atoms with Crippen molar-refractivity contribution in [1.29, 1.82) is 0 Å². The fourth-order valence-electron chi connectivity index (χ4n) is 4.06. The van der Waals surface area contributed by atoms with Crippen LogP contribution >= 0.6 is 0 Å². The van der Waals surface area contributed by atoms with Gasteiger partial charge in [-0.3, -0.25) is 9.69 Å². The summed E-state index contributed by atoms with van der Waals surface area (Å²) in [5.74, 6) is -0.433. The lowest BCUT2D eigenvalue weighted by atomic mass is 10.0. The fourth-order valence-corrected chi connectivity index (χ4v) is 4.06. The molecule has 3 rings (SSSR count). The number of amides is 1. The first kappa shape index (κ1) is 22.7. The quantitative estimate of drug-likeness (QED) is 0.559. The molecule has 1 atom stereocenters. The second-order valence-corrected chi connectivity index (χ2v) is 7.71. The lowest BCUT2D eigenvalue weighted by Crippen LogP contribution is -2.45. The zero-order valence-corrected chi connectivity index (χ0v) is 18.7. The molecule has 0 aliphatic rings. The minimum Gasteiger partial charge on any atom is -0.350 e. The molecule has 0 saturated heterocycles. The van der Waals surface area contributed by atoms with E-state index in [1.54, 1.807) is 16.8 Å². The molecule has 0 spiro atoms. The van der Waals surface area contributed by atoms with Crippen molar-refractivity contribution in [3.63, 3.8) is 0 Å². The molecule has 0 aliphatic heterocycles. The van der Waals surface area contributed by atoms with Gasteiger partial charge in [-0.05, 0) is 63.2 Å². The predicted molar refractivity (Wildman–Crippen MR) is 122 cm³/mol. The van der Waals surface area contributed by atoms with Gasteiger partial charge in [0.05, 0.1) is 22.6 Å². The summed E-state index contributed by atoms with van der Waals surface area (Å²) in [5, 5.41) is 7.65. The Morgan fingerprint density at radius 2 is 1.71 bits per heavy atom. The van der Waals surface area contributed by atoms with Crippen LogP contribution in [0, 0.1) is 19.7 Å². The number of hydrogen-bond donors (Lipinski definition) is 1. The molecule has 0 fully saturated rings. The van der Waals surface area contributed by atoms with Crippen molar-refractivity contribution < 1.29 is 9.18 Å². The number of carbonyl (C=O) groups is 1. The third-order valence-electron chi connectivity index (χ3n) is 5.73. The monoisotopic (exact) mass is 422 g/mol. The van der Waals surface area contributed by atoms with Crippen LogP contribution < -0.4 is 5.32 Å². The number of likely N-dealkylation sites (N-methyl/N-ethyl adjacent to an activating group) is 1. The van der Waals surface area contributed by atoms with Gasteiger partial charge in [-0.25, -0.2) is 9.07 Å². The molecule has 6 heteroatoms. The van der Waals surface area contributed by atoms with E-state index >= 15 is 0 Å². The Kier molecular flexibility index (Phi) is 7.58. The summed E-state index contributed by atoms with van der Waals surface area (Å²) in [6, 6.07) is 16.7. The molecule has 2 aromatic carbocycles. The maximum Gasteiger partial charge on any atom is 0.255 e. The van der Waals surface area contributed by atoms with E-state index < -0.39 is 0 Å². The van der Waals surface area contributed by atoms with Crippen LogP contribution in [0.15, 0.2) is 54.6 Å². The van der Waals surface area contributed by atoms with Gasteiger partial charge in [-0.1, -0.05) is 44.2 Å². The second-order valence-electron chi connectivity index (χ2n) is 7.71. The van der Waals surface area contributed by atoms with Gasteiger partial charge < -0.3 is 5.32 Å². The molecule has 1 N–H and O–H groups in total. The lowest BCUT2D eigenvalue weighted by molar-refractivity contribution is 0.0933. The number of hydrogen-bond acceptors (Lipinski definition) is 3. The molecule has 3 aromatic rings. The van der Waals surface area contributed by atoms with Gasteiger partial charge in [0.15, 0.2) is 0 Å². The average Bonchev–Trinajstić information content (AvgIpc) is 3.07. The zero-order valence-electron chi connectivity index (χ0n) is 18.7. The lowest BCUT2D eigenvalue weighted by Gasteiger charge is -2.30. The molecule has 1 heterocycles. The number of nitrogens with zero attached hydrogens (tertiary/aromatic N) is 3. The van der Waals surface area contributed by atoms with E-state index in [-0.39, 0.29) is 17.8 Å². The summed E-state index contributed by atoms with van der Waals surface area (Å²) in [4.78, 5) is 15.5. The molecule has 0 bridgehead atoms. The maximum absolute atomic E-state index is 13.3. The van der Waals surface area contributed by atoms with Crippen LogP contribution in [0.2, 0.25) is 0 Å². The average molecular weight is 423 g/mol. The Morgan fingerprint density at radius 1 is 1.06 bits per heavy atom. The van der Waals surface area contributed by atoms with Gasteiger partial charge in [0.1, 0.15) is 5.82 Å². The summed E-state index contributed by atoms with van der Waals surface area (Å²) in [6.45, 7) is 10.4. The molecular formula is C25H31FN4O. The molecule has 0 radical (unpaired) electrons. The molecule has 0 aliphatic carbocycles. The van der Waals surface area contributed by atoms with Crippen LogP contribution in [0.5, 0.6) is 0 Å². The smallest absolute Gasteiger partial charge is 0.255 e. The summed E-state index contributed by atoms with van der Waals surface area (Å²) < 4.78 is 15.0. The number of halogens is 1. The SMILES string of the molecule is CCN(CC)C(CNC(=O)c1c(C)nn(-c2ccc(F)cc2)c1C)Cc1ccccc1. The van der Waals surface area contributed by atoms with E-state index in [2.05, 4.69) is 41.3 Å². The van der Waals surface area contributed by atoms with Crippen molar-refractivity contribution in [1.82, 2.24) is 20.0 Å². The third kappa shape index (κ3) is 5.39. The summed E-state index contributed by atoms with van der Waals surface area (Å²) in [6.07, 6.45) is 0.871. The van der Waals surface area contributed by atoms with E-state index in [9.17, 15) is 9.18 Å². The number of aromatic nitrogens is 2. The first-order valence-electron chi connectivity index (χ1n) is 10.8. The zero-order chi connectivity index (χ0) is 22.4. The minimum atomic E-state index is -0.302. The number of carbonyl (C=O) groups excluding carboxylic acids is 1. The minimum absolute atomic E-state index is 0.131. The Morgan fingerprint density at radius 3 is 2.32 bits per heavy atom. The van der Waals surface area contributed by atoms with Crippen molar-refractivity contribution in [2.24, 2.45) is 0 Å². The van der Waals surface area contributed by atoms with Crippen LogP contribution in [-0.2, 0) is 6.42 Å². The van der Waals surface area contributed by atoms with Crippen LogP contribution in [0.4, 0.5) is 4.39 Å². The number of nitrogens with one attached hydrogen (secondary N) is 1. The highest BCUT2D eigenvalue weighted by atomic mass is 19.1. The number of aryl methyl sites for hydroxylation is 1. The summed E-state index contributed by atoms with van der Waals surface area (Å²) in [7, 11) is 0. The Hall–Kier alpha value is -2.99. The standard InChI is InChI=1S/C25H31FN4O/c1-5-29(6-2)23(16-20-10-8-7-9-11-20)17-27-25(31)24-18(3)28-30(19(24)4)22-14-12-21(26)13-15-22/h7-15,23H,5-6,16-17H2,1-4H3,(H,27,31). The van der Waals surface area contributed by atoms with Crippen LogP contribution in [-0.4, -0.2) is 46.3 Å². The largest absolute Gasteiger partial charge is 0.350 e. The van der Waals surface area contributed by atoms with Crippen molar-refractivity contribution in [3.05, 3.63) is 82.9 Å². The van der Waals surface area contributed by atoms with E-state index in [1.165, 1.54) is 17.7 Å². The van der Waals surface area contributed by atoms with E-state index in [4.69, 9.17) is 0 Å². The fraction of sp³-hybridized carbons (Fsp3) is 0.360. The second kappa shape index (κ2) is 10.4. The Balaban J connectivity index is 1.77. The van der Waals surface area contributed by atoms with Gasteiger partial charge in [0.2, 0.25) is 0 Å². The predicted octanol–water partition coefficient (Wildman–Crippen LogP) is 4.31. The maximum atomic E-state index is 13.3. The van der Waals surface area contributed by atoms with Crippen molar-refractivity contribution in [3.8, 4) is 5.69 Å². The van der Waals surface area contributed by atoms with E-state index in [0.717, 1.165) is 30.9 Å². The molecule has 1 amide bonds. The summed E-state index contributed by atoms with van der Waals surface area (Å²) in [5.41, 5.74) is 3.95.